The third-order valence-electron chi connectivity index (χ3n) is 10.2. The molecular weight excluding hydrogens is 647 g/mol. The van der Waals surface area contributed by atoms with E-state index in [-0.39, 0.29) is 0 Å². The van der Waals surface area contributed by atoms with E-state index in [0.717, 1.165) is 17.1 Å². The van der Waals surface area contributed by atoms with E-state index in [9.17, 15) is 0 Å². The zero-order valence-corrected chi connectivity index (χ0v) is 29.2. The van der Waals surface area contributed by atoms with Crippen LogP contribution in [0.1, 0.15) is 0 Å². The first-order valence-corrected chi connectivity index (χ1v) is 18.6. The van der Waals surface area contributed by atoms with E-state index in [1.54, 1.807) is 0 Å². The summed E-state index contributed by atoms with van der Waals surface area (Å²) in [6.07, 6.45) is 0. The van der Waals surface area contributed by atoms with Crippen LogP contribution in [0.4, 0.5) is 17.1 Å². The van der Waals surface area contributed by atoms with Gasteiger partial charge in [0.2, 0.25) is 0 Å². The van der Waals surface area contributed by atoms with Gasteiger partial charge in [0.15, 0.2) is 0 Å². The standard InChI is InChI=1S/C50H33NS/c1-3-12-36(13-4-1)45-30-41(42-24-28-49-46(32-42)47-31-38-15-9-10-16-39(38)33-50(47)52-49)23-27-48(45)51(43-17-5-2-6-18-43)44-25-21-35(22-26-44)40-20-19-34-11-7-8-14-37(34)29-40/h1-33H. The van der Waals surface area contributed by atoms with Crippen LogP contribution in [0.15, 0.2) is 200 Å². The molecule has 0 bridgehead atoms. The second kappa shape index (κ2) is 12.7. The van der Waals surface area contributed by atoms with Crippen molar-refractivity contribution in [3.63, 3.8) is 0 Å². The van der Waals surface area contributed by atoms with Crippen LogP contribution < -0.4 is 4.90 Å². The highest BCUT2D eigenvalue weighted by Crippen LogP contribution is 2.44. The van der Waals surface area contributed by atoms with E-state index >= 15 is 0 Å². The number of para-hydroxylation sites is 1. The van der Waals surface area contributed by atoms with E-state index < -0.39 is 0 Å². The molecule has 0 unspecified atom stereocenters. The fraction of sp³-hybridized carbons (Fsp3) is 0. The van der Waals surface area contributed by atoms with Crippen molar-refractivity contribution in [2.45, 2.75) is 0 Å². The summed E-state index contributed by atoms with van der Waals surface area (Å²) in [5.41, 5.74) is 10.6. The molecule has 0 aliphatic carbocycles. The van der Waals surface area contributed by atoms with Crippen molar-refractivity contribution in [1.82, 2.24) is 0 Å². The van der Waals surface area contributed by atoms with Gasteiger partial charge in [-0.1, -0.05) is 133 Å². The lowest BCUT2D eigenvalue weighted by Crippen LogP contribution is -2.11. The third kappa shape index (κ3) is 5.42. The Morgan fingerprint density at radius 3 is 1.62 bits per heavy atom. The van der Waals surface area contributed by atoms with Gasteiger partial charge in [-0.25, -0.2) is 0 Å². The van der Waals surface area contributed by atoms with Crippen molar-refractivity contribution in [3.8, 4) is 33.4 Å². The number of nitrogens with zero attached hydrogens (tertiary/aromatic N) is 1. The third-order valence-corrected chi connectivity index (χ3v) is 11.3. The Hall–Kier alpha value is -6.48. The average molecular weight is 680 g/mol. The zero-order chi connectivity index (χ0) is 34.4. The molecule has 10 aromatic rings. The Kier molecular flexibility index (Phi) is 7.41. The quantitative estimate of drug-likeness (QED) is 0.169. The first-order valence-electron chi connectivity index (χ1n) is 17.7. The number of rotatable bonds is 6. The normalized spacial score (nSPS) is 11.5. The molecule has 0 spiro atoms. The fourth-order valence-electron chi connectivity index (χ4n) is 7.58. The molecule has 0 atom stereocenters. The molecule has 1 aromatic heterocycles. The molecule has 52 heavy (non-hydrogen) atoms. The van der Waals surface area contributed by atoms with Crippen LogP contribution in [0.5, 0.6) is 0 Å². The SMILES string of the molecule is c1ccc(-c2cc(-c3ccc4sc5cc6ccccc6cc5c4c3)ccc2N(c2ccccc2)c2ccc(-c3ccc4ccccc4c3)cc2)cc1. The molecule has 0 aliphatic heterocycles. The highest BCUT2D eigenvalue weighted by molar-refractivity contribution is 7.25. The van der Waals surface area contributed by atoms with E-state index in [4.69, 9.17) is 0 Å². The molecule has 0 saturated heterocycles. The minimum atomic E-state index is 1.11. The topological polar surface area (TPSA) is 3.24 Å². The molecule has 0 saturated carbocycles. The van der Waals surface area contributed by atoms with Gasteiger partial charge >= 0.3 is 0 Å². The van der Waals surface area contributed by atoms with Gasteiger partial charge in [0.25, 0.3) is 0 Å². The van der Waals surface area contributed by atoms with Gasteiger partial charge in [0.1, 0.15) is 0 Å². The van der Waals surface area contributed by atoms with Crippen molar-refractivity contribution in [2.75, 3.05) is 4.90 Å². The number of thiophene rings is 1. The summed E-state index contributed by atoms with van der Waals surface area (Å²) in [4.78, 5) is 2.39. The average Bonchev–Trinajstić information content (AvgIpc) is 3.57. The fourth-order valence-corrected chi connectivity index (χ4v) is 8.69. The van der Waals surface area contributed by atoms with E-state index in [1.165, 1.54) is 75.1 Å². The Labute approximate surface area is 307 Å². The number of benzene rings is 9. The van der Waals surface area contributed by atoms with Gasteiger partial charge in [-0.05, 0) is 116 Å². The highest BCUT2D eigenvalue weighted by atomic mass is 32.1. The maximum Gasteiger partial charge on any atom is 0.0540 e. The summed E-state index contributed by atoms with van der Waals surface area (Å²) >= 11 is 1.88. The minimum Gasteiger partial charge on any atom is -0.310 e. The van der Waals surface area contributed by atoms with Gasteiger partial charge in [0.05, 0.1) is 5.69 Å². The summed E-state index contributed by atoms with van der Waals surface area (Å²) in [5, 5.41) is 7.71. The van der Waals surface area contributed by atoms with Gasteiger partial charge in [-0.15, -0.1) is 11.3 Å². The first kappa shape index (κ1) is 30.4. The number of hydrogen-bond donors (Lipinski definition) is 0. The Balaban J connectivity index is 1.10. The Bertz CT molecular complexity index is 2890. The molecule has 1 nitrogen and oxygen atoms in total. The molecule has 0 radical (unpaired) electrons. The van der Waals surface area contributed by atoms with Crippen LogP contribution in [0.3, 0.4) is 0 Å². The van der Waals surface area contributed by atoms with Crippen LogP contribution in [0, 0.1) is 0 Å². The van der Waals surface area contributed by atoms with Crippen LogP contribution in [0.25, 0.3) is 75.1 Å². The monoisotopic (exact) mass is 679 g/mol. The van der Waals surface area contributed by atoms with Crippen LogP contribution in [0.2, 0.25) is 0 Å². The van der Waals surface area contributed by atoms with E-state index in [0.29, 0.717) is 0 Å². The smallest absolute Gasteiger partial charge is 0.0540 e. The lowest BCUT2D eigenvalue weighted by Gasteiger charge is -2.28. The van der Waals surface area contributed by atoms with Gasteiger partial charge in [0, 0.05) is 37.1 Å². The maximum atomic E-state index is 2.39. The van der Waals surface area contributed by atoms with Gasteiger partial charge in [-0.2, -0.15) is 0 Å². The number of hydrogen-bond acceptors (Lipinski definition) is 2. The molecule has 0 amide bonds. The van der Waals surface area contributed by atoms with Crippen LogP contribution in [-0.4, -0.2) is 0 Å². The molecular formula is C50H33NS. The molecule has 0 N–H and O–H groups in total. The van der Waals surface area contributed by atoms with E-state index in [1.807, 2.05) is 11.3 Å². The Morgan fingerprint density at radius 2 is 0.846 bits per heavy atom. The van der Waals surface area contributed by atoms with Crippen molar-refractivity contribution in [1.29, 1.82) is 0 Å². The summed E-state index contributed by atoms with van der Waals surface area (Å²) in [7, 11) is 0. The maximum absolute atomic E-state index is 2.39. The molecule has 0 aliphatic rings. The number of fused-ring (bicyclic) bond motifs is 5. The minimum absolute atomic E-state index is 1.11. The molecule has 244 valence electrons. The molecule has 2 heteroatoms. The predicted molar refractivity (Wildman–Crippen MR) is 225 cm³/mol. The first-order chi connectivity index (χ1) is 25.7. The molecule has 9 aromatic carbocycles. The predicted octanol–water partition coefficient (Wildman–Crippen LogP) is 14.8. The number of anilines is 3. The van der Waals surface area contributed by atoms with Crippen molar-refractivity contribution in [2.24, 2.45) is 0 Å². The lowest BCUT2D eigenvalue weighted by molar-refractivity contribution is 1.28. The molecule has 10 rings (SSSR count). The summed E-state index contributed by atoms with van der Waals surface area (Å²) < 4.78 is 2.65. The Morgan fingerprint density at radius 1 is 0.308 bits per heavy atom. The summed E-state index contributed by atoms with van der Waals surface area (Å²) in [6.45, 7) is 0. The van der Waals surface area contributed by atoms with Gasteiger partial charge in [-0.3, -0.25) is 0 Å². The summed E-state index contributed by atoms with van der Waals surface area (Å²) in [6, 6.07) is 73.0. The zero-order valence-electron chi connectivity index (χ0n) is 28.4. The molecule has 1 heterocycles. The second-order valence-corrected chi connectivity index (χ2v) is 14.5. The van der Waals surface area contributed by atoms with Crippen LogP contribution in [-0.2, 0) is 0 Å². The van der Waals surface area contributed by atoms with Crippen molar-refractivity contribution >= 4 is 70.1 Å². The lowest BCUT2D eigenvalue weighted by atomic mass is 9.95. The molecule has 0 fully saturated rings. The van der Waals surface area contributed by atoms with E-state index in [2.05, 4.69) is 205 Å². The second-order valence-electron chi connectivity index (χ2n) is 13.4. The van der Waals surface area contributed by atoms with Crippen molar-refractivity contribution in [3.05, 3.63) is 200 Å². The largest absolute Gasteiger partial charge is 0.310 e. The summed E-state index contributed by atoms with van der Waals surface area (Å²) in [5.74, 6) is 0. The highest BCUT2D eigenvalue weighted by Gasteiger charge is 2.19. The van der Waals surface area contributed by atoms with Gasteiger partial charge < -0.3 is 4.90 Å². The van der Waals surface area contributed by atoms with Crippen molar-refractivity contribution < 1.29 is 0 Å². The van der Waals surface area contributed by atoms with Crippen LogP contribution >= 0.6 is 11.3 Å².